The van der Waals surface area contributed by atoms with Crippen LogP contribution < -0.4 is 4.74 Å². The third kappa shape index (κ3) is 4.08. The Balaban J connectivity index is 1.78. The van der Waals surface area contributed by atoms with Gasteiger partial charge in [-0.1, -0.05) is 42.3 Å². The average Bonchev–Trinajstić information content (AvgIpc) is 2.66. The first kappa shape index (κ1) is 15.5. The molecule has 3 nitrogen and oxygen atoms in total. The van der Waals surface area contributed by atoms with Crippen LogP contribution in [0.1, 0.15) is 11.3 Å². The molecule has 0 fully saturated rings. The number of ether oxygens (including phenoxy) is 1. The van der Waals surface area contributed by atoms with Gasteiger partial charge in [-0.15, -0.1) is 6.42 Å². The predicted octanol–water partition coefficient (Wildman–Crippen LogP) is 4.33. The summed E-state index contributed by atoms with van der Waals surface area (Å²) in [5.41, 5.74) is 3.85. The molecular weight excluding hydrogens is 296 g/mol. The first-order valence-electron chi connectivity index (χ1n) is 7.57. The van der Waals surface area contributed by atoms with Gasteiger partial charge in [-0.25, -0.2) is 9.97 Å². The van der Waals surface area contributed by atoms with Gasteiger partial charge in [0, 0.05) is 5.56 Å². The van der Waals surface area contributed by atoms with Crippen molar-refractivity contribution in [1.29, 1.82) is 0 Å². The molecule has 0 N–H and O–H groups in total. The van der Waals surface area contributed by atoms with Gasteiger partial charge < -0.3 is 4.74 Å². The van der Waals surface area contributed by atoms with E-state index < -0.39 is 0 Å². The van der Waals surface area contributed by atoms with Crippen LogP contribution in [0, 0.1) is 12.3 Å². The summed E-state index contributed by atoms with van der Waals surface area (Å²) in [6, 6.07) is 19.7. The van der Waals surface area contributed by atoms with Gasteiger partial charge in [0.15, 0.2) is 0 Å². The van der Waals surface area contributed by atoms with Gasteiger partial charge in [0.05, 0.1) is 11.4 Å². The monoisotopic (exact) mass is 312 g/mol. The van der Waals surface area contributed by atoms with Crippen LogP contribution in [0.25, 0.3) is 23.4 Å². The van der Waals surface area contributed by atoms with Crippen molar-refractivity contribution in [3.05, 3.63) is 78.2 Å². The topological polar surface area (TPSA) is 35.0 Å². The van der Waals surface area contributed by atoms with Crippen LogP contribution in [0.4, 0.5) is 0 Å². The standard InChI is InChI=1S/C21H16N2O/c1-2-14-24-20-12-9-18(10-13-20)21-15-19(22-16-23-21)11-8-17-6-4-3-5-7-17/h1,3-13,15-16H,14H2/b11-8-. The molecule has 0 spiro atoms. The maximum Gasteiger partial charge on any atom is 0.148 e. The van der Waals surface area contributed by atoms with Crippen molar-refractivity contribution in [3.8, 4) is 29.4 Å². The molecule has 3 aromatic rings. The van der Waals surface area contributed by atoms with E-state index in [0.29, 0.717) is 0 Å². The minimum atomic E-state index is 0.265. The Bertz CT molecular complexity index is 862. The number of benzene rings is 2. The third-order valence-electron chi connectivity index (χ3n) is 3.41. The molecule has 1 aromatic heterocycles. The summed E-state index contributed by atoms with van der Waals surface area (Å²) in [5.74, 6) is 3.19. The van der Waals surface area contributed by atoms with E-state index >= 15 is 0 Å². The van der Waals surface area contributed by atoms with Gasteiger partial charge >= 0.3 is 0 Å². The van der Waals surface area contributed by atoms with E-state index in [4.69, 9.17) is 11.2 Å². The molecule has 1 heterocycles. The zero-order valence-electron chi connectivity index (χ0n) is 13.1. The Kier molecular flexibility index (Phi) is 5.01. The van der Waals surface area contributed by atoms with Crippen LogP contribution in [-0.4, -0.2) is 16.6 Å². The Morgan fingerprint density at radius 1 is 0.958 bits per heavy atom. The Morgan fingerprint density at radius 3 is 2.50 bits per heavy atom. The molecule has 0 aliphatic heterocycles. The zero-order valence-corrected chi connectivity index (χ0v) is 13.1. The fourth-order valence-electron chi connectivity index (χ4n) is 2.21. The minimum Gasteiger partial charge on any atom is -0.481 e. The number of terminal acetylenes is 1. The van der Waals surface area contributed by atoms with E-state index in [9.17, 15) is 0 Å². The van der Waals surface area contributed by atoms with Crippen molar-refractivity contribution < 1.29 is 4.74 Å². The van der Waals surface area contributed by atoms with Gasteiger partial charge in [0.1, 0.15) is 18.7 Å². The van der Waals surface area contributed by atoms with Gasteiger partial charge in [0.2, 0.25) is 0 Å². The molecule has 116 valence electrons. The first-order valence-corrected chi connectivity index (χ1v) is 7.57. The lowest BCUT2D eigenvalue weighted by Crippen LogP contribution is -1.93. The molecule has 3 rings (SSSR count). The number of hydrogen-bond donors (Lipinski definition) is 0. The number of nitrogens with zero attached hydrogens (tertiary/aromatic N) is 2. The maximum atomic E-state index is 5.38. The van der Waals surface area contributed by atoms with Gasteiger partial charge in [-0.05, 0) is 42.0 Å². The van der Waals surface area contributed by atoms with Crippen LogP contribution in [0.5, 0.6) is 5.75 Å². The quantitative estimate of drug-likeness (QED) is 0.658. The van der Waals surface area contributed by atoms with E-state index in [-0.39, 0.29) is 6.61 Å². The summed E-state index contributed by atoms with van der Waals surface area (Å²) < 4.78 is 5.38. The summed E-state index contributed by atoms with van der Waals surface area (Å²) in [6.07, 6.45) is 10.8. The van der Waals surface area contributed by atoms with E-state index in [1.165, 1.54) is 0 Å². The van der Waals surface area contributed by atoms with Crippen LogP contribution in [0.15, 0.2) is 67.0 Å². The van der Waals surface area contributed by atoms with Crippen LogP contribution in [0.3, 0.4) is 0 Å². The minimum absolute atomic E-state index is 0.265. The molecule has 0 saturated carbocycles. The number of hydrogen-bond acceptors (Lipinski definition) is 3. The highest BCUT2D eigenvalue weighted by Gasteiger charge is 2.01. The smallest absolute Gasteiger partial charge is 0.148 e. The second-order valence-corrected chi connectivity index (χ2v) is 5.09. The van der Waals surface area contributed by atoms with E-state index in [2.05, 4.69) is 15.9 Å². The van der Waals surface area contributed by atoms with Crippen molar-refractivity contribution in [2.45, 2.75) is 0 Å². The van der Waals surface area contributed by atoms with Crippen molar-refractivity contribution in [1.82, 2.24) is 9.97 Å². The highest BCUT2D eigenvalue weighted by Crippen LogP contribution is 2.21. The van der Waals surface area contributed by atoms with Crippen LogP contribution >= 0.6 is 0 Å². The summed E-state index contributed by atoms with van der Waals surface area (Å²) in [4.78, 5) is 8.63. The lowest BCUT2D eigenvalue weighted by molar-refractivity contribution is 0.370. The highest BCUT2D eigenvalue weighted by atomic mass is 16.5. The van der Waals surface area contributed by atoms with Crippen LogP contribution in [0.2, 0.25) is 0 Å². The van der Waals surface area contributed by atoms with Gasteiger partial charge in [-0.3, -0.25) is 0 Å². The molecule has 0 aliphatic carbocycles. The number of rotatable bonds is 5. The molecule has 0 atom stereocenters. The molecular formula is C21H16N2O. The average molecular weight is 312 g/mol. The van der Waals surface area contributed by atoms with Gasteiger partial charge in [-0.2, -0.15) is 0 Å². The van der Waals surface area contributed by atoms with Crippen LogP contribution in [-0.2, 0) is 0 Å². The molecule has 0 radical (unpaired) electrons. The molecule has 0 bridgehead atoms. The van der Waals surface area contributed by atoms with E-state index in [1.54, 1.807) is 6.33 Å². The Labute approximate surface area is 141 Å². The molecule has 3 heteroatoms. The molecule has 0 saturated heterocycles. The van der Waals surface area contributed by atoms with Crippen molar-refractivity contribution >= 4 is 12.2 Å². The SMILES string of the molecule is C#CCOc1ccc(-c2cc(/C=C\c3ccccc3)ncn2)cc1. The van der Waals surface area contributed by atoms with Crippen molar-refractivity contribution in [2.24, 2.45) is 0 Å². The fourth-order valence-corrected chi connectivity index (χ4v) is 2.21. The summed E-state index contributed by atoms with van der Waals surface area (Å²) in [5, 5.41) is 0. The summed E-state index contributed by atoms with van der Waals surface area (Å²) >= 11 is 0. The fraction of sp³-hybridized carbons (Fsp3) is 0.0476. The molecule has 0 aliphatic rings. The van der Waals surface area contributed by atoms with Crippen molar-refractivity contribution in [2.75, 3.05) is 6.61 Å². The second kappa shape index (κ2) is 7.75. The Morgan fingerprint density at radius 2 is 1.75 bits per heavy atom. The largest absolute Gasteiger partial charge is 0.481 e. The van der Waals surface area contributed by atoms with E-state index in [1.807, 2.05) is 72.8 Å². The second-order valence-electron chi connectivity index (χ2n) is 5.09. The normalized spacial score (nSPS) is 10.5. The maximum absolute atomic E-state index is 5.38. The zero-order chi connectivity index (χ0) is 16.6. The molecule has 24 heavy (non-hydrogen) atoms. The molecule has 0 unspecified atom stereocenters. The summed E-state index contributed by atoms with van der Waals surface area (Å²) in [7, 11) is 0. The highest BCUT2D eigenvalue weighted by molar-refractivity contribution is 5.70. The van der Waals surface area contributed by atoms with Gasteiger partial charge in [0.25, 0.3) is 0 Å². The molecule has 2 aromatic carbocycles. The predicted molar refractivity (Wildman–Crippen MR) is 97.2 cm³/mol. The lowest BCUT2D eigenvalue weighted by Gasteiger charge is -2.05. The summed E-state index contributed by atoms with van der Waals surface area (Å²) in [6.45, 7) is 0.265. The lowest BCUT2D eigenvalue weighted by atomic mass is 10.1. The Hall–Kier alpha value is -3.38. The van der Waals surface area contributed by atoms with E-state index in [0.717, 1.165) is 28.3 Å². The first-order chi connectivity index (χ1) is 11.8. The number of aromatic nitrogens is 2. The molecule has 0 amide bonds. The third-order valence-corrected chi connectivity index (χ3v) is 3.41. The van der Waals surface area contributed by atoms with Crippen molar-refractivity contribution in [3.63, 3.8) is 0 Å².